The summed E-state index contributed by atoms with van der Waals surface area (Å²) in [6.07, 6.45) is 12.3. The molecular weight excluding hydrogens is 308 g/mol. The van der Waals surface area contributed by atoms with Gasteiger partial charge in [-0.25, -0.2) is 0 Å². The van der Waals surface area contributed by atoms with Crippen LogP contribution in [-0.4, -0.2) is 36.5 Å². The number of benzene rings is 1. The van der Waals surface area contributed by atoms with Crippen LogP contribution >= 0.6 is 0 Å². The predicted octanol–water partition coefficient (Wildman–Crippen LogP) is 4.09. The van der Waals surface area contributed by atoms with Gasteiger partial charge in [0.1, 0.15) is 0 Å². The molecule has 0 aromatic heterocycles. The minimum atomic E-state index is 0.226. The van der Waals surface area contributed by atoms with Gasteiger partial charge in [0.05, 0.1) is 0 Å². The molecule has 1 fully saturated rings. The van der Waals surface area contributed by atoms with E-state index in [1.807, 2.05) is 0 Å². The number of piperidine rings is 1. The monoisotopic (exact) mass is 340 g/mol. The van der Waals surface area contributed by atoms with Crippen LogP contribution in [0, 0.1) is 0 Å². The molecule has 3 rings (SSSR count). The fraction of sp³-hybridized carbons (Fsp3) is 0.591. The predicted molar refractivity (Wildman–Crippen MR) is 104 cm³/mol. The van der Waals surface area contributed by atoms with Gasteiger partial charge in [-0.05, 0) is 70.0 Å². The average Bonchev–Trinajstić information content (AvgIpc) is 2.64. The highest BCUT2D eigenvalue weighted by Gasteiger charge is 2.21. The maximum Gasteiger partial charge on any atom is 0.224 e. The molecule has 1 aromatic rings. The number of carbonyl (C=O) groups is 1. The van der Waals surface area contributed by atoms with Gasteiger partial charge in [0, 0.05) is 19.0 Å². The lowest BCUT2D eigenvalue weighted by molar-refractivity contribution is -0.121. The highest BCUT2D eigenvalue weighted by atomic mass is 16.1. The summed E-state index contributed by atoms with van der Waals surface area (Å²) in [4.78, 5) is 14.8. The van der Waals surface area contributed by atoms with Crippen molar-refractivity contribution in [2.75, 3.05) is 19.6 Å². The molecule has 2 aliphatic rings. The first-order valence-corrected chi connectivity index (χ1v) is 10.0. The highest BCUT2D eigenvalue weighted by Crippen LogP contribution is 2.20. The van der Waals surface area contributed by atoms with Gasteiger partial charge in [-0.3, -0.25) is 4.79 Å². The molecule has 1 aliphatic heterocycles. The summed E-state index contributed by atoms with van der Waals surface area (Å²) in [5, 5.41) is 3.28. The van der Waals surface area contributed by atoms with E-state index in [-0.39, 0.29) is 5.91 Å². The van der Waals surface area contributed by atoms with Gasteiger partial charge in [-0.15, -0.1) is 0 Å². The number of hydrogen-bond acceptors (Lipinski definition) is 2. The van der Waals surface area contributed by atoms with Crippen molar-refractivity contribution in [2.24, 2.45) is 0 Å². The van der Waals surface area contributed by atoms with Crippen molar-refractivity contribution in [3.8, 4) is 0 Å². The lowest BCUT2D eigenvalue weighted by atomic mass is 9.96. The second-order valence-corrected chi connectivity index (χ2v) is 7.58. The van der Waals surface area contributed by atoms with E-state index in [1.165, 1.54) is 43.4 Å². The van der Waals surface area contributed by atoms with Crippen molar-refractivity contribution in [1.29, 1.82) is 0 Å². The summed E-state index contributed by atoms with van der Waals surface area (Å²) in [6, 6.07) is 11.1. The third-order valence-corrected chi connectivity index (χ3v) is 5.43. The molecule has 136 valence electrons. The SMILES string of the molecule is O=C(CC1=CCCCC1)NC1CCCN(CCCc2ccccc2)C1. The molecule has 1 heterocycles. The van der Waals surface area contributed by atoms with E-state index in [2.05, 4.69) is 46.6 Å². The summed E-state index contributed by atoms with van der Waals surface area (Å²) in [5.74, 6) is 0.226. The number of amides is 1. The Bertz CT molecular complexity index is 567. The standard InChI is InChI=1S/C22H32N2O/c25-22(17-20-11-5-2-6-12-20)23-21-14-8-16-24(18-21)15-7-13-19-9-3-1-4-10-19/h1,3-4,9-11,21H,2,5-8,12-18H2,(H,23,25). The normalized spacial score (nSPS) is 21.6. The maximum atomic E-state index is 12.3. The van der Waals surface area contributed by atoms with Crippen LogP contribution in [0.2, 0.25) is 0 Å². The quantitative estimate of drug-likeness (QED) is 0.758. The number of likely N-dealkylation sites (tertiary alicyclic amines) is 1. The maximum absolute atomic E-state index is 12.3. The zero-order valence-electron chi connectivity index (χ0n) is 15.4. The third-order valence-electron chi connectivity index (χ3n) is 5.43. The number of carbonyl (C=O) groups excluding carboxylic acids is 1. The van der Waals surface area contributed by atoms with Gasteiger partial charge in [0.25, 0.3) is 0 Å². The van der Waals surface area contributed by atoms with E-state index in [1.54, 1.807) is 0 Å². The number of rotatable bonds is 7. The molecule has 3 nitrogen and oxygen atoms in total. The zero-order chi connectivity index (χ0) is 17.3. The van der Waals surface area contributed by atoms with E-state index in [0.717, 1.165) is 38.8 Å². The molecule has 0 bridgehead atoms. The Labute approximate surface area is 152 Å². The van der Waals surface area contributed by atoms with Gasteiger partial charge >= 0.3 is 0 Å². The fourth-order valence-corrected chi connectivity index (χ4v) is 4.08. The zero-order valence-corrected chi connectivity index (χ0v) is 15.4. The third kappa shape index (κ3) is 6.32. The van der Waals surface area contributed by atoms with E-state index in [9.17, 15) is 4.79 Å². The summed E-state index contributed by atoms with van der Waals surface area (Å²) < 4.78 is 0. The molecule has 3 heteroatoms. The van der Waals surface area contributed by atoms with E-state index < -0.39 is 0 Å². The number of aryl methyl sites for hydroxylation is 1. The second kappa shape index (κ2) is 9.76. The Morgan fingerprint density at radius 3 is 2.84 bits per heavy atom. The Morgan fingerprint density at radius 2 is 2.04 bits per heavy atom. The van der Waals surface area contributed by atoms with Crippen molar-refractivity contribution in [1.82, 2.24) is 10.2 Å². The minimum absolute atomic E-state index is 0.226. The molecule has 1 aliphatic carbocycles. The molecule has 1 unspecified atom stereocenters. The Balaban J connectivity index is 1.37. The number of nitrogens with one attached hydrogen (secondary N) is 1. The molecule has 25 heavy (non-hydrogen) atoms. The van der Waals surface area contributed by atoms with Crippen LogP contribution in [0.5, 0.6) is 0 Å². The van der Waals surface area contributed by atoms with Gasteiger partial charge in [0.2, 0.25) is 5.91 Å². The van der Waals surface area contributed by atoms with Crippen molar-refractivity contribution in [2.45, 2.75) is 63.8 Å². The number of nitrogens with zero attached hydrogens (tertiary/aromatic N) is 1. The van der Waals surface area contributed by atoms with Crippen molar-refractivity contribution < 1.29 is 4.79 Å². The largest absolute Gasteiger partial charge is 0.352 e. The second-order valence-electron chi connectivity index (χ2n) is 7.58. The van der Waals surface area contributed by atoms with Crippen LogP contribution in [-0.2, 0) is 11.2 Å². The molecule has 1 amide bonds. The summed E-state index contributed by atoms with van der Waals surface area (Å²) in [7, 11) is 0. The first-order valence-electron chi connectivity index (χ1n) is 10.0. The van der Waals surface area contributed by atoms with Crippen molar-refractivity contribution in [3.05, 3.63) is 47.5 Å². The number of hydrogen-bond donors (Lipinski definition) is 1. The molecule has 0 radical (unpaired) electrons. The average molecular weight is 341 g/mol. The van der Waals surface area contributed by atoms with Crippen LogP contribution in [0.3, 0.4) is 0 Å². The van der Waals surface area contributed by atoms with Crippen LogP contribution < -0.4 is 5.32 Å². The minimum Gasteiger partial charge on any atom is -0.352 e. The van der Waals surface area contributed by atoms with Gasteiger partial charge in [-0.1, -0.05) is 42.0 Å². The molecule has 0 spiro atoms. The van der Waals surface area contributed by atoms with Gasteiger partial charge in [-0.2, -0.15) is 0 Å². The molecule has 1 N–H and O–H groups in total. The van der Waals surface area contributed by atoms with Crippen LogP contribution in [0.4, 0.5) is 0 Å². The molecule has 1 atom stereocenters. The van der Waals surface area contributed by atoms with Gasteiger partial charge in [0.15, 0.2) is 0 Å². The van der Waals surface area contributed by atoms with E-state index in [4.69, 9.17) is 0 Å². The van der Waals surface area contributed by atoms with Crippen LogP contribution in [0.25, 0.3) is 0 Å². The molecule has 1 saturated heterocycles. The topological polar surface area (TPSA) is 32.3 Å². The molecule has 1 aromatic carbocycles. The van der Waals surface area contributed by atoms with Crippen LogP contribution in [0.1, 0.15) is 56.9 Å². The summed E-state index contributed by atoms with van der Waals surface area (Å²) >= 11 is 0. The smallest absolute Gasteiger partial charge is 0.224 e. The summed E-state index contributed by atoms with van der Waals surface area (Å²) in [6.45, 7) is 3.32. The first-order chi connectivity index (χ1) is 12.3. The lowest BCUT2D eigenvalue weighted by Crippen LogP contribution is -2.48. The van der Waals surface area contributed by atoms with Crippen molar-refractivity contribution >= 4 is 5.91 Å². The lowest BCUT2D eigenvalue weighted by Gasteiger charge is -2.33. The van der Waals surface area contributed by atoms with E-state index in [0.29, 0.717) is 12.5 Å². The Morgan fingerprint density at radius 1 is 1.16 bits per heavy atom. The number of allylic oxidation sites excluding steroid dienone is 1. The van der Waals surface area contributed by atoms with E-state index >= 15 is 0 Å². The first kappa shape index (κ1) is 18.2. The highest BCUT2D eigenvalue weighted by molar-refractivity contribution is 5.78. The van der Waals surface area contributed by atoms with Gasteiger partial charge < -0.3 is 10.2 Å². The van der Waals surface area contributed by atoms with Crippen molar-refractivity contribution in [3.63, 3.8) is 0 Å². The Kier molecular flexibility index (Phi) is 7.10. The summed E-state index contributed by atoms with van der Waals surface area (Å²) in [5.41, 5.74) is 2.77. The Hall–Kier alpha value is -1.61. The fourth-order valence-electron chi connectivity index (χ4n) is 4.08. The van der Waals surface area contributed by atoms with Crippen LogP contribution in [0.15, 0.2) is 42.0 Å². The molecule has 0 saturated carbocycles. The molecular formula is C22H32N2O.